The van der Waals surface area contributed by atoms with Gasteiger partial charge in [-0.15, -0.1) is 0 Å². The Morgan fingerprint density at radius 2 is 0.515 bits per heavy atom. The molecule has 4 aromatic carbocycles. The first-order valence-electron chi connectivity index (χ1n) is 25.8. The maximum absolute atomic E-state index is 12.7. The zero-order chi connectivity index (χ0) is 48.3. The molecule has 0 saturated carbocycles. The first-order valence-corrected chi connectivity index (χ1v) is 25.8. The van der Waals surface area contributed by atoms with Crippen molar-refractivity contribution in [1.29, 1.82) is 0 Å². The van der Waals surface area contributed by atoms with E-state index >= 15 is 0 Å². The third-order valence-corrected chi connectivity index (χ3v) is 11.8. The summed E-state index contributed by atoms with van der Waals surface area (Å²) in [6, 6.07) is 26.4. The maximum Gasteiger partial charge on any atom is 0.343 e. The minimum Gasteiger partial charge on any atom is -0.494 e. The summed E-state index contributed by atoms with van der Waals surface area (Å²) < 4.78 is 33.6. The van der Waals surface area contributed by atoms with Gasteiger partial charge in [0, 0.05) is 0 Å². The Bertz CT molecular complexity index is 1830. The Labute approximate surface area is 406 Å². The molecule has 0 aliphatic rings. The first kappa shape index (κ1) is 55.0. The summed E-state index contributed by atoms with van der Waals surface area (Å²) in [5, 5.41) is 0. The highest BCUT2D eigenvalue weighted by Crippen LogP contribution is 2.21. The first-order chi connectivity index (χ1) is 33.4. The van der Waals surface area contributed by atoms with Crippen LogP contribution in [0.5, 0.6) is 23.0 Å². The van der Waals surface area contributed by atoms with Crippen molar-refractivity contribution in [3.05, 3.63) is 119 Å². The van der Waals surface area contributed by atoms with Gasteiger partial charge in [-0.05, 0) is 136 Å². The molecule has 0 unspecified atom stereocenters. The number of ether oxygens (including phenoxy) is 6. The van der Waals surface area contributed by atoms with E-state index in [-0.39, 0.29) is 13.2 Å². The van der Waals surface area contributed by atoms with Crippen LogP contribution in [0.3, 0.4) is 0 Å². The molecule has 370 valence electrons. The second-order valence-electron chi connectivity index (χ2n) is 17.6. The van der Waals surface area contributed by atoms with E-state index < -0.39 is 23.9 Å². The van der Waals surface area contributed by atoms with Crippen LogP contribution in [-0.4, -0.2) is 50.3 Å². The van der Waals surface area contributed by atoms with E-state index in [1.54, 1.807) is 97.1 Å². The fraction of sp³-hybridized carbons (Fsp3) is 0.517. The lowest BCUT2D eigenvalue weighted by Crippen LogP contribution is -2.10. The number of rotatable bonds is 37. The summed E-state index contributed by atoms with van der Waals surface area (Å²) in [5.74, 6) is 0.184. The number of benzene rings is 4. The molecule has 0 atom stereocenters. The monoisotopic (exact) mass is 935 g/mol. The molecule has 10 heteroatoms. The molecule has 0 fully saturated rings. The Morgan fingerprint density at radius 3 is 0.809 bits per heavy atom. The lowest BCUT2D eigenvalue weighted by atomic mass is 10.1. The van der Waals surface area contributed by atoms with Crippen LogP contribution >= 0.6 is 0 Å². The highest BCUT2D eigenvalue weighted by Gasteiger charge is 2.14. The van der Waals surface area contributed by atoms with Crippen molar-refractivity contribution in [2.24, 2.45) is 0 Å². The zero-order valence-corrected chi connectivity index (χ0v) is 41.1. The molecule has 68 heavy (non-hydrogen) atoms. The van der Waals surface area contributed by atoms with Crippen LogP contribution in [0.25, 0.3) is 0 Å². The Morgan fingerprint density at radius 1 is 0.279 bits per heavy atom. The van der Waals surface area contributed by atoms with Gasteiger partial charge in [0.25, 0.3) is 0 Å². The molecule has 0 amide bonds. The van der Waals surface area contributed by atoms with E-state index in [1.165, 1.54) is 103 Å². The second kappa shape index (κ2) is 34.6. The van der Waals surface area contributed by atoms with Crippen molar-refractivity contribution >= 4 is 23.9 Å². The smallest absolute Gasteiger partial charge is 0.343 e. The molecule has 0 aromatic heterocycles. The Kier molecular flexibility index (Phi) is 28.0. The summed E-state index contributed by atoms with van der Waals surface area (Å²) in [4.78, 5) is 50.6. The van der Waals surface area contributed by atoms with E-state index in [1.807, 2.05) is 0 Å². The van der Waals surface area contributed by atoms with Crippen LogP contribution in [0.1, 0.15) is 209 Å². The quantitative estimate of drug-likeness (QED) is 0.0245. The Balaban J connectivity index is 0.992. The molecule has 0 heterocycles. The van der Waals surface area contributed by atoms with E-state index in [9.17, 15) is 19.2 Å². The lowest BCUT2D eigenvalue weighted by Gasteiger charge is -2.09. The van der Waals surface area contributed by atoms with Gasteiger partial charge < -0.3 is 28.4 Å². The molecule has 0 N–H and O–H groups in total. The highest BCUT2D eigenvalue weighted by molar-refractivity contribution is 5.93. The van der Waals surface area contributed by atoms with Crippen LogP contribution in [0.2, 0.25) is 0 Å². The third-order valence-electron chi connectivity index (χ3n) is 11.8. The molecule has 4 aromatic rings. The second-order valence-corrected chi connectivity index (χ2v) is 17.6. The third kappa shape index (κ3) is 23.4. The van der Waals surface area contributed by atoms with Crippen LogP contribution in [0, 0.1) is 0 Å². The predicted octanol–water partition coefficient (Wildman–Crippen LogP) is 15.3. The molecule has 0 radical (unpaired) electrons. The van der Waals surface area contributed by atoms with E-state index in [0.29, 0.717) is 59.8 Å². The zero-order valence-electron chi connectivity index (χ0n) is 41.1. The van der Waals surface area contributed by atoms with Gasteiger partial charge in [-0.2, -0.15) is 0 Å². The number of carbonyl (C=O) groups excluding carboxylic acids is 4. The van der Waals surface area contributed by atoms with Crippen LogP contribution in [-0.2, 0) is 9.47 Å². The van der Waals surface area contributed by atoms with Crippen molar-refractivity contribution in [2.75, 3.05) is 26.4 Å². The number of hydrogen-bond donors (Lipinski definition) is 0. The van der Waals surface area contributed by atoms with Crippen LogP contribution in [0.4, 0.5) is 0 Å². The molecular weight excluding hydrogens is 857 g/mol. The van der Waals surface area contributed by atoms with Gasteiger partial charge in [0.1, 0.15) is 23.0 Å². The summed E-state index contributed by atoms with van der Waals surface area (Å²) in [7, 11) is 0. The van der Waals surface area contributed by atoms with Crippen molar-refractivity contribution in [3.63, 3.8) is 0 Å². The SMILES string of the molecule is CCCCCCCCCCCCOc1ccc(C(=O)Oc2ccc(C(=O)OCCCCCCOC(=O)c3ccc(OC(=O)c4ccc(OCCCCCCCCCCCC)cc4)cc3)cc2)cc1. The van der Waals surface area contributed by atoms with Gasteiger partial charge in [0.15, 0.2) is 0 Å². The lowest BCUT2D eigenvalue weighted by molar-refractivity contribution is 0.0473. The van der Waals surface area contributed by atoms with Gasteiger partial charge in [-0.1, -0.05) is 129 Å². The fourth-order valence-electron chi connectivity index (χ4n) is 7.64. The van der Waals surface area contributed by atoms with Gasteiger partial charge >= 0.3 is 23.9 Å². The molecule has 4 rings (SSSR count). The van der Waals surface area contributed by atoms with Crippen molar-refractivity contribution in [3.8, 4) is 23.0 Å². The fourth-order valence-corrected chi connectivity index (χ4v) is 7.64. The number of hydrogen-bond acceptors (Lipinski definition) is 10. The van der Waals surface area contributed by atoms with Crippen molar-refractivity contribution in [2.45, 2.75) is 168 Å². The molecule has 10 nitrogen and oxygen atoms in total. The predicted molar refractivity (Wildman–Crippen MR) is 269 cm³/mol. The van der Waals surface area contributed by atoms with Gasteiger partial charge in [0.05, 0.1) is 48.7 Å². The molecular formula is C58H78O10. The molecule has 0 spiro atoms. The maximum atomic E-state index is 12.7. The van der Waals surface area contributed by atoms with E-state index in [0.717, 1.165) is 50.0 Å². The normalized spacial score (nSPS) is 10.9. The van der Waals surface area contributed by atoms with E-state index in [2.05, 4.69) is 13.8 Å². The minimum atomic E-state index is -0.497. The summed E-state index contributed by atoms with van der Waals surface area (Å²) in [5.41, 5.74) is 1.53. The number of carbonyl (C=O) groups is 4. The number of unbranched alkanes of at least 4 members (excludes halogenated alkanes) is 21. The van der Waals surface area contributed by atoms with Crippen LogP contribution in [0.15, 0.2) is 97.1 Å². The van der Waals surface area contributed by atoms with Crippen molar-refractivity contribution in [1.82, 2.24) is 0 Å². The summed E-state index contributed by atoms with van der Waals surface area (Å²) in [6.45, 7) is 6.32. The average Bonchev–Trinajstić information content (AvgIpc) is 3.36. The minimum absolute atomic E-state index is 0.254. The summed E-state index contributed by atoms with van der Waals surface area (Å²) >= 11 is 0. The molecule has 0 aliphatic heterocycles. The van der Waals surface area contributed by atoms with Gasteiger partial charge in [0.2, 0.25) is 0 Å². The average molecular weight is 935 g/mol. The molecule has 0 saturated heterocycles. The van der Waals surface area contributed by atoms with Gasteiger partial charge in [-0.3, -0.25) is 0 Å². The highest BCUT2D eigenvalue weighted by atomic mass is 16.5. The van der Waals surface area contributed by atoms with Gasteiger partial charge in [-0.25, -0.2) is 19.2 Å². The van der Waals surface area contributed by atoms with E-state index in [4.69, 9.17) is 28.4 Å². The van der Waals surface area contributed by atoms with Crippen molar-refractivity contribution < 1.29 is 47.6 Å². The molecule has 0 aliphatic carbocycles. The summed E-state index contributed by atoms with van der Waals surface area (Å²) in [6.07, 6.45) is 28.4. The topological polar surface area (TPSA) is 124 Å². The standard InChI is InChI=1S/C58H78O10/c1-3-5-7-9-11-13-15-17-19-23-43-63-51-35-27-49(28-36-51)57(61)67-53-39-31-47(32-40-53)55(59)65-45-25-21-22-26-46-66-56(60)48-33-41-54(42-34-48)68-58(62)50-29-37-52(38-30-50)64-44-24-20-18-16-14-12-10-8-6-4-2/h27-42H,3-26,43-46H2,1-2H3. The molecule has 0 bridgehead atoms. The van der Waals surface area contributed by atoms with Crippen LogP contribution < -0.4 is 18.9 Å². The largest absolute Gasteiger partial charge is 0.494 e. The number of esters is 4. The Hall–Kier alpha value is -5.64.